The van der Waals surface area contributed by atoms with Crippen molar-refractivity contribution >= 4 is 21.8 Å². The van der Waals surface area contributed by atoms with Crippen molar-refractivity contribution in [2.45, 2.75) is 18.7 Å². The van der Waals surface area contributed by atoms with Gasteiger partial charge in [-0.05, 0) is 38.1 Å². The van der Waals surface area contributed by atoms with Crippen LogP contribution < -0.4 is 5.32 Å². The van der Waals surface area contributed by atoms with Gasteiger partial charge in [-0.3, -0.25) is 9.59 Å². The van der Waals surface area contributed by atoms with E-state index in [1.807, 2.05) is 0 Å². The maximum atomic E-state index is 13.4. The number of halogens is 1. The lowest BCUT2D eigenvalue weighted by molar-refractivity contribution is -0.131. The maximum Gasteiger partial charge on any atom is 0.255 e. The highest BCUT2D eigenvalue weighted by Crippen LogP contribution is 2.18. The summed E-state index contributed by atoms with van der Waals surface area (Å²) >= 11 is 0. The number of benzene rings is 1. The molecule has 1 saturated heterocycles. The number of sulfonamides is 1. The van der Waals surface area contributed by atoms with Crippen LogP contribution in [-0.2, 0) is 14.8 Å². The first-order valence-corrected chi connectivity index (χ1v) is 10.5. The van der Waals surface area contributed by atoms with Crippen LogP contribution in [0.5, 0.6) is 0 Å². The summed E-state index contributed by atoms with van der Waals surface area (Å²) < 4.78 is 45.1. The molecule has 0 bridgehead atoms. The van der Waals surface area contributed by atoms with Crippen LogP contribution in [0.3, 0.4) is 0 Å². The molecule has 0 atom stereocenters. The number of furan rings is 1. The monoisotopic (exact) mass is 423 g/mol. The molecule has 8 nitrogen and oxygen atoms in total. The highest BCUT2D eigenvalue weighted by atomic mass is 32.2. The largest absolute Gasteiger partial charge is 0.466 e. The molecule has 1 fully saturated rings. The van der Waals surface area contributed by atoms with Crippen LogP contribution in [-0.4, -0.2) is 62.2 Å². The minimum Gasteiger partial charge on any atom is -0.466 e. The fourth-order valence-electron chi connectivity index (χ4n) is 3.17. The van der Waals surface area contributed by atoms with Gasteiger partial charge in [-0.2, -0.15) is 4.31 Å². The van der Waals surface area contributed by atoms with Crippen molar-refractivity contribution in [2.75, 3.05) is 32.7 Å². The van der Waals surface area contributed by atoms with E-state index in [0.29, 0.717) is 17.1 Å². The van der Waals surface area contributed by atoms with Crippen LogP contribution in [0.4, 0.5) is 4.39 Å². The number of rotatable bonds is 5. The van der Waals surface area contributed by atoms with E-state index in [-0.39, 0.29) is 43.5 Å². The van der Waals surface area contributed by atoms with Crippen molar-refractivity contribution in [3.05, 3.63) is 53.2 Å². The quantitative estimate of drug-likeness (QED) is 0.781. The lowest BCUT2D eigenvalue weighted by atomic mass is 10.2. The van der Waals surface area contributed by atoms with Gasteiger partial charge >= 0.3 is 0 Å². The summed E-state index contributed by atoms with van der Waals surface area (Å²) in [6.07, 6.45) is 0. The van der Waals surface area contributed by atoms with Crippen LogP contribution in [0, 0.1) is 19.7 Å². The third-order valence-corrected chi connectivity index (χ3v) is 6.61. The van der Waals surface area contributed by atoms with Gasteiger partial charge in [-0.15, -0.1) is 0 Å². The number of hydrogen-bond donors (Lipinski definition) is 1. The number of aryl methyl sites for hydroxylation is 2. The molecule has 156 valence electrons. The average Bonchev–Trinajstić information content (AvgIpc) is 3.04. The van der Waals surface area contributed by atoms with Gasteiger partial charge in [0.2, 0.25) is 15.9 Å². The second-order valence-electron chi connectivity index (χ2n) is 6.75. The van der Waals surface area contributed by atoms with Crippen molar-refractivity contribution in [3.8, 4) is 0 Å². The molecule has 29 heavy (non-hydrogen) atoms. The Balaban J connectivity index is 1.54. The van der Waals surface area contributed by atoms with E-state index in [1.54, 1.807) is 19.9 Å². The first kappa shape index (κ1) is 21.0. The molecule has 0 aliphatic carbocycles. The third-order valence-electron chi connectivity index (χ3n) is 4.71. The van der Waals surface area contributed by atoms with Gasteiger partial charge in [0.1, 0.15) is 17.3 Å². The van der Waals surface area contributed by atoms with Crippen molar-refractivity contribution in [2.24, 2.45) is 0 Å². The molecule has 0 spiro atoms. The first-order valence-electron chi connectivity index (χ1n) is 9.07. The lowest BCUT2D eigenvalue weighted by Crippen LogP contribution is -2.52. The number of carbonyl (C=O) groups excluding carboxylic acids is 2. The van der Waals surface area contributed by atoms with E-state index in [0.717, 1.165) is 6.07 Å². The minimum atomic E-state index is -3.82. The standard InChI is InChI=1S/C19H22FN3O5S/c1-13-10-17(14(2)28-13)19(25)21-12-18(24)22-6-8-23(9-7-22)29(26,27)16-5-3-4-15(20)11-16/h3-5,10-11H,6-9,12H2,1-2H3,(H,21,25). The lowest BCUT2D eigenvalue weighted by Gasteiger charge is -2.34. The van der Waals surface area contributed by atoms with E-state index in [2.05, 4.69) is 5.32 Å². The Labute approximate surface area is 168 Å². The zero-order valence-corrected chi connectivity index (χ0v) is 17.0. The summed E-state index contributed by atoms with van der Waals surface area (Å²) in [6, 6.07) is 6.43. The summed E-state index contributed by atoms with van der Waals surface area (Å²) in [4.78, 5) is 25.9. The zero-order valence-electron chi connectivity index (χ0n) is 16.1. The summed E-state index contributed by atoms with van der Waals surface area (Å²) in [6.45, 7) is 3.77. The molecule has 1 N–H and O–H groups in total. The van der Waals surface area contributed by atoms with Crippen molar-refractivity contribution < 1.29 is 26.8 Å². The van der Waals surface area contributed by atoms with Crippen LogP contribution in [0.2, 0.25) is 0 Å². The van der Waals surface area contributed by atoms with E-state index >= 15 is 0 Å². The summed E-state index contributed by atoms with van der Waals surface area (Å²) in [5.74, 6) is -0.254. The minimum absolute atomic E-state index is 0.0958. The molecule has 0 saturated carbocycles. The average molecular weight is 423 g/mol. The van der Waals surface area contributed by atoms with Crippen LogP contribution >= 0.6 is 0 Å². The molecule has 10 heteroatoms. The second-order valence-corrected chi connectivity index (χ2v) is 8.69. The number of nitrogens with one attached hydrogen (secondary N) is 1. The molecule has 1 aromatic carbocycles. The van der Waals surface area contributed by atoms with Gasteiger partial charge < -0.3 is 14.6 Å². The predicted molar refractivity (Wildman–Crippen MR) is 102 cm³/mol. The van der Waals surface area contributed by atoms with Gasteiger partial charge in [0.15, 0.2) is 0 Å². The van der Waals surface area contributed by atoms with E-state index in [4.69, 9.17) is 4.42 Å². The molecular weight excluding hydrogens is 401 g/mol. The number of carbonyl (C=O) groups is 2. The normalized spacial score (nSPS) is 15.3. The predicted octanol–water partition coefficient (Wildman–Crippen LogP) is 1.30. The zero-order chi connectivity index (χ0) is 21.2. The Morgan fingerprint density at radius 2 is 1.83 bits per heavy atom. The third kappa shape index (κ3) is 4.65. The Hall–Kier alpha value is -2.72. The van der Waals surface area contributed by atoms with E-state index in [9.17, 15) is 22.4 Å². The van der Waals surface area contributed by atoms with Crippen LogP contribution in [0.25, 0.3) is 0 Å². The Kier molecular flexibility index (Phi) is 6.04. The fourth-order valence-corrected chi connectivity index (χ4v) is 4.63. The fraction of sp³-hybridized carbons (Fsp3) is 0.368. The molecule has 3 rings (SSSR count). The van der Waals surface area contributed by atoms with Crippen LogP contribution in [0.1, 0.15) is 21.9 Å². The van der Waals surface area contributed by atoms with Gasteiger partial charge in [-0.1, -0.05) is 6.07 Å². The van der Waals surface area contributed by atoms with Gasteiger partial charge in [-0.25, -0.2) is 12.8 Å². The molecule has 2 aromatic rings. The molecule has 2 amide bonds. The SMILES string of the molecule is Cc1cc(C(=O)NCC(=O)N2CCN(S(=O)(=O)c3cccc(F)c3)CC2)c(C)o1. The highest BCUT2D eigenvalue weighted by Gasteiger charge is 2.30. The van der Waals surface area contributed by atoms with E-state index < -0.39 is 21.7 Å². The molecule has 0 radical (unpaired) electrons. The Morgan fingerprint density at radius 3 is 2.41 bits per heavy atom. The van der Waals surface area contributed by atoms with Gasteiger partial charge in [0.25, 0.3) is 5.91 Å². The first-order chi connectivity index (χ1) is 13.7. The van der Waals surface area contributed by atoms with Crippen molar-refractivity contribution in [3.63, 3.8) is 0 Å². The summed E-state index contributed by atoms with van der Waals surface area (Å²) in [7, 11) is -3.82. The molecule has 2 heterocycles. The molecular formula is C19H22FN3O5S. The number of hydrogen-bond acceptors (Lipinski definition) is 5. The molecule has 1 aliphatic rings. The van der Waals surface area contributed by atoms with E-state index in [1.165, 1.54) is 27.4 Å². The smallest absolute Gasteiger partial charge is 0.255 e. The Bertz CT molecular complexity index is 1030. The van der Waals surface area contributed by atoms with Crippen molar-refractivity contribution in [1.82, 2.24) is 14.5 Å². The van der Waals surface area contributed by atoms with Crippen molar-refractivity contribution in [1.29, 1.82) is 0 Å². The topological polar surface area (TPSA) is 99.9 Å². The van der Waals surface area contributed by atoms with Crippen LogP contribution in [0.15, 0.2) is 39.6 Å². The van der Waals surface area contributed by atoms with Gasteiger partial charge in [0, 0.05) is 26.2 Å². The second kappa shape index (κ2) is 8.34. The maximum absolute atomic E-state index is 13.4. The van der Waals surface area contributed by atoms with Gasteiger partial charge in [0.05, 0.1) is 17.0 Å². The molecule has 0 unspecified atom stereocenters. The molecule has 1 aromatic heterocycles. The Morgan fingerprint density at radius 1 is 1.14 bits per heavy atom. The summed E-state index contributed by atoms with van der Waals surface area (Å²) in [5.41, 5.74) is 0.376. The molecule has 1 aliphatic heterocycles. The highest BCUT2D eigenvalue weighted by molar-refractivity contribution is 7.89. The summed E-state index contributed by atoms with van der Waals surface area (Å²) in [5, 5.41) is 2.56. The number of amides is 2. The number of piperazine rings is 1. The number of nitrogens with zero attached hydrogens (tertiary/aromatic N) is 2.